The van der Waals surface area contributed by atoms with Gasteiger partial charge in [0.05, 0.1) is 18.6 Å². The van der Waals surface area contributed by atoms with Gasteiger partial charge in [-0.05, 0) is 25.1 Å². The lowest BCUT2D eigenvalue weighted by atomic mass is 9.85. The molecule has 2 amide bonds. The summed E-state index contributed by atoms with van der Waals surface area (Å²) in [5, 5.41) is 5.59. The SMILES string of the molecule is CCC(=O)Nc1cccc(NC(=O)C2(C)COCC2N)c1. The van der Waals surface area contributed by atoms with Crippen molar-refractivity contribution < 1.29 is 14.3 Å². The first kappa shape index (κ1) is 15.5. The van der Waals surface area contributed by atoms with Crippen molar-refractivity contribution in [3.8, 4) is 0 Å². The van der Waals surface area contributed by atoms with E-state index in [0.717, 1.165) is 0 Å². The third-order valence-corrected chi connectivity index (χ3v) is 3.76. The average Bonchev–Trinajstić information content (AvgIpc) is 2.80. The van der Waals surface area contributed by atoms with Crippen molar-refractivity contribution in [1.29, 1.82) is 0 Å². The van der Waals surface area contributed by atoms with E-state index in [0.29, 0.717) is 31.0 Å². The maximum absolute atomic E-state index is 12.4. The summed E-state index contributed by atoms with van der Waals surface area (Å²) >= 11 is 0. The molecule has 2 rings (SSSR count). The van der Waals surface area contributed by atoms with E-state index in [2.05, 4.69) is 10.6 Å². The van der Waals surface area contributed by atoms with Gasteiger partial charge in [0.25, 0.3) is 0 Å². The molecular formula is C15H21N3O3. The number of anilines is 2. The molecule has 0 saturated carbocycles. The second-order valence-corrected chi connectivity index (χ2v) is 5.48. The van der Waals surface area contributed by atoms with E-state index in [1.807, 2.05) is 0 Å². The first-order valence-corrected chi connectivity index (χ1v) is 7.00. The maximum Gasteiger partial charge on any atom is 0.234 e. The molecule has 21 heavy (non-hydrogen) atoms. The van der Waals surface area contributed by atoms with Crippen LogP contribution in [0.25, 0.3) is 0 Å². The Balaban J connectivity index is 2.07. The van der Waals surface area contributed by atoms with Gasteiger partial charge in [0.15, 0.2) is 0 Å². The van der Waals surface area contributed by atoms with Crippen molar-refractivity contribution >= 4 is 23.2 Å². The van der Waals surface area contributed by atoms with E-state index >= 15 is 0 Å². The van der Waals surface area contributed by atoms with Crippen molar-refractivity contribution in [2.45, 2.75) is 26.3 Å². The smallest absolute Gasteiger partial charge is 0.234 e. The standard InChI is InChI=1S/C15H21N3O3/c1-3-13(19)17-10-5-4-6-11(7-10)18-14(20)15(2)9-21-8-12(15)16/h4-7,12H,3,8-9,16H2,1-2H3,(H,17,19)(H,18,20). The highest BCUT2D eigenvalue weighted by atomic mass is 16.5. The van der Waals surface area contributed by atoms with Crippen molar-refractivity contribution in [1.82, 2.24) is 0 Å². The van der Waals surface area contributed by atoms with Gasteiger partial charge in [-0.1, -0.05) is 13.0 Å². The topological polar surface area (TPSA) is 93.5 Å². The molecule has 114 valence electrons. The third kappa shape index (κ3) is 3.40. The number of hydrogen-bond donors (Lipinski definition) is 3. The van der Waals surface area contributed by atoms with Gasteiger partial charge in [0.2, 0.25) is 11.8 Å². The first-order valence-electron chi connectivity index (χ1n) is 7.00. The number of rotatable bonds is 4. The Bertz CT molecular complexity index is 547. The number of nitrogens with one attached hydrogen (secondary N) is 2. The summed E-state index contributed by atoms with van der Waals surface area (Å²) in [4.78, 5) is 23.8. The molecule has 6 nitrogen and oxygen atoms in total. The number of ether oxygens (including phenoxy) is 1. The summed E-state index contributed by atoms with van der Waals surface area (Å²) in [5.74, 6) is -0.247. The van der Waals surface area contributed by atoms with Gasteiger partial charge in [0.1, 0.15) is 0 Å². The van der Waals surface area contributed by atoms with E-state index in [-0.39, 0.29) is 17.9 Å². The highest BCUT2D eigenvalue weighted by Crippen LogP contribution is 2.29. The first-order chi connectivity index (χ1) is 9.95. The molecule has 0 bridgehead atoms. The fraction of sp³-hybridized carbons (Fsp3) is 0.467. The number of hydrogen-bond acceptors (Lipinski definition) is 4. The molecule has 1 aliphatic heterocycles. The van der Waals surface area contributed by atoms with E-state index in [9.17, 15) is 9.59 Å². The van der Waals surface area contributed by atoms with Crippen LogP contribution in [0.3, 0.4) is 0 Å². The monoisotopic (exact) mass is 291 g/mol. The fourth-order valence-corrected chi connectivity index (χ4v) is 2.12. The Hall–Kier alpha value is -1.92. The van der Waals surface area contributed by atoms with Gasteiger partial charge in [-0.3, -0.25) is 9.59 Å². The summed E-state index contributed by atoms with van der Waals surface area (Å²) in [5.41, 5.74) is 6.47. The van der Waals surface area contributed by atoms with Crippen LogP contribution in [0.4, 0.5) is 11.4 Å². The molecule has 0 aliphatic carbocycles. The summed E-state index contributed by atoms with van der Waals surface area (Å²) in [6.45, 7) is 4.27. The van der Waals surface area contributed by atoms with Crippen LogP contribution in [-0.4, -0.2) is 31.1 Å². The molecule has 1 aromatic carbocycles. The van der Waals surface area contributed by atoms with Gasteiger partial charge >= 0.3 is 0 Å². The second kappa shape index (κ2) is 6.24. The molecule has 1 fully saturated rings. The minimum absolute atomic E-state index is 0.0725. The zero-order valence-corrected chi connectivity index (χ0v) is 12.3. The Morgan fingerprint density at radius 1 is 1.38 bits per heavy atom. The quantitative estimate of drug-likeness (QED) is 0.780. The lowest BCUT2D eigenvalue weighted by Gasteiger charge is -2.25. The van der Waals surface area contributed by atoms with Gasteiger partial charge < -0.3 is 21.1 Å². The van der Waals surface area contributed by atoms with Gasteiger partial charge in [-0.25, -0.2) is 0 Å². The molecule has 6 heteroatoms. The van der Waals surface area contributed by atoms with E-state index in [1.165, 1.54) is 0 Å². The van der Waals surface area contributed by atoms with Crippen molar-refractivity contribution in [2.24, 2.45) is 11.1 Å². The fourth-order valence-electron chi connectivity index (χ4n) is 2.12. The van der Waals surface area contributed by atoms with Crippen LogP contribution in [0.5, 0.6) is 0 Å². The van der Waals surface area contributed by atoms with E-state index in [4.69, 9.17) is 10.5 Å². The molecule has 2 atom stereocenters. The highest BCUT2D eigenvalue weighted by molar-refractivity contribution is 5.97. The summed E-state index contributed by atoms with van der Waals surface area (Å²) in [7, 11) is 0. The minimum atomic E-state index is -0.733. The predicted octanol–water partition coefficient (Wildman–Crippen LogP) is 1.34. The lowest BCUT2D eigenvalue weighted by Crippen LogP contribution is -2.47. The molecule has 1 heterocycles. The largest absolute Gasteiger partial charge is 0.379 e. The van der Waals surface area contributed by atoms with Gasteiger partial charge in [-0.2, -0.15) is 0 Å². The van der Waals surface area contributed by atoms with Crippen LogP contribution >= 0.6 is 0 Å². The van der Waals surface area contributed by atoms with E-state index < -0.39 is 5.41 Å². The zero-order valence-electron chi connectivity index (χ0n) is 12.3. The molecule has 0 aromatic heterocycles. The van der Waals surface area contributed by atoms with Gasteiger partial charge in [0, 0.05) is 23.8 Å². The Morgan fingerprint density at radius 3 is 2.62 bits per heavy atom. The molecule has 2 unspecified atom stereocenters. The van der Waals surface area contributed by atoms with Crippen LogP contribution in [0, 0.1) is 5.41 Å². The van der Waals surface area contributed by atoms with Crippen LogP contribution in [-0.2, 0) is 14.3 Å². The van der Waals surface area contributed by atoms with Crippen molar-refractivity contribution in [2.75, 3.05) is 23.8 Å². The summed E-state index contributed by atoms with van der Waals surface area (Å²) < 4.78 is 5.28. The second-order valence-electron chi connectivity index (χ2n) is 5.48. The molecule has 0 radical (unpaired) electrons. The normalized spacial score (nSPS) is 24.6. The van der Waals surface area contributed by atoms with Crippen LogP contribution in [0.15, 0.2) is 24.3 Å². The molecule has 1 aromatic rings. The molecule has 1 saturated heterocycles. The van der Waals surface area contributed by atoms with Crippen molar-refractivity contribution in [3.05, 3.63) is 24.3 Å². The summed E-state index contributed by atoms with van der Waals surface area (Å²) in [6, 6.07) is 6.71. The lowest BCUT2D eigenvalue weighted by molar-refractivity contribution is -0.125. The van der Waals surface area contributed by atoms with Crippen LogP contribution in [0.2, 0.25) is 0 Å². The van der Waals surface area contributed by atoms with Crippen LogP contribution < -0.4 is 16.4 Å². The number of benzene rings is 1. The third-order valence-electron chi connectivity index (χ3n) is 3.76. The minimum Gasteiger partial charge on any atom is -0.379 e. The average molecular weight is 291 g/mol. The number of carbonyl (C=O) groups excluding carboxylic acids is 2. The Morgan fingerprint density at radius 2 is 2.05 bits per heavy atom. The molecular weight excluding hydrogens is 270 g/mol. The number of amides is 2. The highest BCUT2D eigenvalue weighted by Gasteiger charge is 2.44. The van der Waals surface area contributed by atoms with Gasteiger partial charge in [-0.15, -0.1) is 0 Å². The van der Waals surface area contributed by atoms with Crippen LogP contribution in [0.1, 0.15) is 20.3 Å². The Labute approximate surface area is 124 Å². The number of carbonyl (C=O) groups is 2. The van der Waals surface area contributed by atoms with E-state index in [1.54, 1.807) is 38.1 Å². The molecule has 4 N–H and O–H groups in total. The Kier molecular flexibility index (Phi) is 4.59. The summed E-state index contributed by atoms with van der Waals surface area (Å²) in [6.07, 6.45) is 0.404. The van der Waals surface area contributed by atoms with Crippen molar-refractivity contribution in [3.63, 3.8) is 0 Å². The molecule has 1 aliphatic rings. The molecule has 0 spiro atoms. The zero-order chi connectivity index (χ0) is 15.5. The maximum atomic E-state index is 12.4. The predicted molar refractivity (Wildman–Crippen MR) is 80.9 cm³/mol. The number of nitrogens with two attached hydrogens (primary N) is 1.